The molecule has 0 unspecified atom stereocenters. The number of nitrogens with one attached hydrogen (secondary N) is 1. The van der Waals surface area contributed by atoms with E-state index >= 15 is 0 Å². The highest BCUT2D eigenvalue weighted by molar-refractivity contribution is 7.90. The van der Waals surface area contributed by atoms with Crippen molar-refractivity contribution in [2.75, 3.05) is 17.3 Å². The van der Waals surface area contributed by atoms with Gasteiger partial charge in [-0.05, 0) is 48.7 Å². The van der Waals surface area contributed by atoms with Crippen LogP contribution in [-0.4, -0.2) is 20.4 Å². The minimum atomic E-state index is -2.94. The fraction of sp³-hybridized carbons (Fsp3) is 0.294. The Balaban J connectivity index is 1.97. The molecule has 0 radical (unpaired) electrons. The van der Waals surface area contributed by atoms with Crippen LogP contribution in [0.25, 0.3) is 0 Å². The third-order valence-electron chi connectivity index (χ3n) is 3.47. The zero-order chi connectivity index (χ0) is 16.2. The van der Waals surface area contributed by atoms with Crippen LogP contribution in [0.4, 0.5) is 10.1 Å². The van der Waals surface area contributed by atoms with Crippen LogP contribution >= 0.6 is 0 Å². The number of hydrogen-bond acceptors (Lipinski definition) is 3. The van der Waals surface area contributed by atoms with Gasteiger partial charge in [-0.25, -0.2) is 12.8 Å². The van der Waals surface area contributed by atoms with Gasteiger partial charge in [0.25, 0.3) is 0 Å². The molecule has 0 amide bonds. The topological polar surface area (TPSA) is 46.2 Å². The SMILES string of the molecule is C[C@@H](Nc1ccc(CCS(C)(=O)=O)cc1)c1ccc(F)cc1. The van der Waals surface area contributed by atoms with Gasteiger partial charge in [-0.15, -0.1) is 0 Å². The van der Waals surface area contributed by atoms with Gasteiger partial charge >= 0.3 is 0 Å². The van der Waals surface area contributed by atoms with E-state index in [1.54, 1.807) is 12.1 Å². The van der Waals surface area contributed by atoms with E-state index in [4.69, 9.17) is 0 Å². The Labute approximate surface area is 131 Å². The van der Waals surface area contributed by atoms with Gasteiger partial charge in [0, 0.05) is 18.0 Å². The van der Waals surface area contributed by atoms with Crippen LogP contribution in [0.2, 0.25) is 0 Å². The van der Waals surface area contributed by atoms with Crippen molar-refractivity contribution in [2.24, 2.45) is 0 Å². The lowest BCUT2D eigenvalue weighted by molar-refractivity contribution is 0.601. The molecule has 118 valence electrons. The van der Waals surface area contributed by atoms with E-state index in [1.807, 2.05) is 31.2 Å². The number of hydrogen-bond donors (Lipinski definition) is 1. The number of aryl methyl sites for hydroxylation is 1. The van der Waals surface area contributed by atoms with Crippen LogP contribution < -0.4 is 5.32 Å². The molecule has 2 rings (SSSR count). The van der Waals surface area contributed by atoms with Crippen LogP contribution in [0.5, 0.6) is 0 Å². The molecule has 0 aliphatic rings. The largest absolute Gasteiger partial charge is 0.379 e. The summed E-state index contributed by atoms with van der Waals surface area (Å²) < 4.78 is 35.2. The van der Waals surface area contributed by atoms with Crippen LogP contribution in [0.15, 0.2) is 48.5 Å². The fourth-order valence-corrected chi connectivity index (χ4v) is 2.76. The van der Waals surface area contributed by atoms with Crippen molar-refractivity contribution in [3.63, 3.8) is 0 Å². The first kappa shape index (κ1) is 16.5. The lowest BCUT2D eigenvalue weighted by Gasteiger charge is -2.16. The van der Waals surface area contributed by atoms with Gasteiger partial charge in [-0.2, -0.15) is 0 Å². The van der Waals surface area contributed by atoms with E-state index in [-0.39, 0.29) is 17.6 Å². The molecule has 0 fully saturated rings. The van der Waals surface area contributed by atoms with Crippen LogP contribution in [0.3, 0.4) is 0 Å². The highest BCUT2D eigenvalue weighted by Gasteiger charge is 2.06. The lowest BCUT2D eigenvalue weighted by atomic mass is 10.1. The van der Waals surface area contributed by atoms with E-state index in [0.717, 1.165) is 16.8 Å². The van der Waals surface area contributed by atoms with Crippen molar-refractivity contribution >= 4 is 15.5 Å². The Morgan fingerprint density at radius 3 is 2.18 bits per heavy atom. The van der Waals surface area contributed by atoms with E-state index in [2.05, 4.69) is 5.32 Å². The summed E-state index contributed by atoms with van der Waals surface area (Å²) in [4.78, 5) is 0. The van der Waals surface area contributed by atoms with Gasteiger partial charge in [0.1, 0.15) is 15.7 Å². The molecule has 0 aliphatic carbocycles. The molecule has 5 heteroatoms. The van der Waals surface area contributed by atoms with Gasteiger partial charge in [0.05, 0.1) is 5.75 Å². The Kier molecular flexibility index (Phi) is 5.19. The minimum absolute atomic E-state index is 0.0578. The van der Waals surface area contributed by atoms with Crippen LogP contribution in [0, 0.1) is 5.82 Å². The maximum Gasteiger partial charge on any atom is 0.147 e. The number of anilines is 1. The van der Waals surface area contributed by atoms with Crippen molar-refractivity contribution in [3.8, 4) is 0 Å². The first-order valence-corrected chi connectivity index (χ1v) is 9.18. The zero-order valence-electron chi connectivity index (χ0n) is 12.7. The summed E-state index contributed by atoms with van der Waals surface area (Å²) in [5, 5.41) is 3.34. The molecule has 0 heterocycles. The summed E-state index contributed by atoms with van der Waals surface area (Å²) >= 11 is 0. The van der Waals surface area contributed by atoms with E-state index in [9.17, 15) is 12.8 Å². The predicted octanol–water partition coefficient (Wildman–Crippen LogP) is 3.59. The molecule has 3 nitrogen and oxygen atoms in total. The average molecular weight is 321 g/mol. The molecule has 22 heavy (non-hydrogen) atoms. The number of rotatable bonds is 6. The molecule has 0 bridgehead atoms. The first-order chi connectivity index (χ1) is 10.3. The third kappa shape index (κ3) is 5.15. The zero-order valence-corrected chi connectivity index (χ0v) is 13.5. The molecular weight excluding hydrogens is 301 g/mol. The van der Waals surface area contributed by atoms with Crippen LogP contribution in [-0.2, 0) is 16.3 Å². The molecule has 1 N–H and O–H groups in total. The number of benzene rings is 2. The molecule has 0 saturated heterocycles. The summed E-state index contributed by atoms with van der Waals surface area (Å²) in [6.07, 6.45) is 1.76. The second-order valence-corrected chi connectivity index (χ2v) is 7.75. The molecular formula is C17H20FNO2S. The van der Waals surface area contributed by atoms with Gasteiger partial charge < -0.3 is 5.32 Å². The maximum absolute atomic E-state index is 12.9. The molecule has 2 aromatic rings. The fourth-order valence-electron chi connectivity index (χ4n) is 2.16. The summed E-state index contributed by atoms with van der Waals surface area (Å²) in [7, 11) is -2.94. The molecule has 0 aromatic heterocycles. The van der Waals surface area contributed by atoms with Crippen LogP contribution in [0.1, 0.15) is 24.1 Å². The second-order valence-electron chi connectivity index (χ2n) is 5.49. The van der Waals surface area contributed by atoms with E-state index in [0.29, 0.717) is 6.42 Å². The van der Waals surface area contributed by atoms with E-state index in [1.165, 1.54) is 18.4 Å². The Hall–Kier alpha value is -1.88. The molecule has 2 aromatic carbocycles. The molecule has 0 spiro atoms. The lowest BCUT2D eigenvalue weighted by Crippen LogP contribution is -2.07. The quantitative estimate of drug-likeness (QED) is 0.884. The summed E-state index contributed by atoms with van der Waals surface area (Å²) in [5.41, 5.74) is 2.94. The second kappa shape index (κ2) is 6.92. The average Bonchev–Trinajstić information content (AvgIpc) is 2.46. The third-order valence-corrected chi connectivity index (χ3v) is 4.41. The number of halogens is 1. The van der Waals surface area contributed by atoms with Crippen molar-refractivity contribution in [1.82, 2.24) is 0 Å². The summed E-state index contributed by atoms with van der Waals surface area (Å²) in [6, 6.07) is 14.2. The van der Waals surface area contributed by atoms with Gasteiger partial charge in [-0.3, -0.25) is 0 Å². The molecule has 0 saturated carbocycles. The van der Waals surface area contributed by atoms with E-state index < -0.39 is 9.84 Å². The van der Waals surface area contributed by atoms with Gasteiger partial charge in [0.2, 0.25) is 0 Å². The van der Waals surface area contributed by atoms with Gasteiger partial charge in [-0.1, -0.05) is 24.3 Å². The Bertz CT molecular complexity index is 709. The normalized spacial score (nSPS) is 12.9. The van der Waals surface area contributed by atoms with Crippen molar-refractivity contribution in [1.29, 1.82) is 0 Å². The highest BCUT2D eigenvalue weighted by atomic mass is 32.2. The highest BCUT2D eigenvalue weighted by Crippen LogP contribution is 2.20. The molecule has 0 aliphatic heterocycles. The minimum Gasteiger partial charge on any atom is -0.379 e. The first-order valence-electron chi connectivity index (χ1n) is 7.12. The number of sulfone groups is 1. The van der Waals surface area contributed by atoms with Crippen molar-refractivity contribution in [3.05, 3.63) is 65.5 Å². The Morgan fingerprint density at radius 1 is 1.05 bits per heavy atom. The molecule has 1 atom stereocenters. The van der Waals surface area contributed by atoms with Gasteiger partial charge in [0.15, 0.2) is 0 Å². The monoisotopic (exact) mass is 321 g/mol. The summed E-state index contributed by atoms with van der Waals surface area (Å²) in [5.74, 6) is -0.0858. The van der Waals surface area contributed by atoms with Crippen molar-refractivity contribution < 1.29 is 12.8 Å². The van der Waals surface area contributed by atoms with Crippen molar-refractivity contribution in [2.45, 2.75) is 19.4 Å². The predicted molar refractivity (Wildman–Crippen MR) is 88.3 cm³/mol. The Morgan fingerprint density at radius 2 is 1.64 bits per heavy atom. The maximum atomic E-state index is 12.9. The summed E-state index contributed by atoms with van der Waals surface area (Å²) in [6.45, 7) is 2.00. The standard InChI is InChI=1S/C17H20FNO2S/c1-13(15-5-7-16(18)8-6-15)19-17-9-3-14(4-10-17)11-12-22(2,20)21/h3-10,13,19H,11-12H2,1-2H3/t13-/m1/s1. The smallest absolute Gasteiger partial charge is 0.147 e.